The van der Waals surface area contributed by atoms with Crippen molar-refractivity contribution in [3.63, 3.8) is 0 Å². The summed E-state index contributed by atoms with van der Waals surface area (Å²) in [6.07, 6.45) is -0.105. The fourth-order valence-corrected chi connectivity index (χ4v) is 3.09. The van der Waals surface area contributed by atoms with E-state index in [1.165, 1.54) is 7.11 Å². The van der Waals surface area contributed by atoms with Crippen LogP contribution in [0.3, 0.4) is 0 Å². The van der Waals surface area contributed by atoms with Crippen molar-refractivity contribution in [2.75, 3.05) is 13.7 Å². The zero-order valence-electron chi connectivity index (χ0n) is 15.0. The molecular weight excluding hydrogens is 384 g/mol. The van der Waals surface area contributed by atoms with Crippen LogP contribution in [0, 0.1) is 0 Å². The van der Waals surface area contributed by atoms with Gasteiger partial charge in [-0.2, -0.15) is 0 Å². The smallest absolute Gasteiger partial charge is 0.307 e. The van der Waals surface area contributed by atoms with Gasteiger partial charge in [-0.1, -0.05) is 35.9 Å². The Kier molecular flexibility index (Phi) is 5.75. The van der Waals surface area contributed by atoms with Gasteiger partial charge in [-0.3, -0.25) is 24.1 Å². The molecular formula is C20H17ClN2O5. The van der Waals surface area contributed by atoms with Crippen molar-refractivity contribution in [3.8, 4) is 0 Å². The molecule has 0 aliphatic carbocycles. The number of methoxy groups -OCH3 is 1. The molecule has 2 aromatic carbocycles. The number of carbonyl (C=O) groups is 4. The van der Waals surface area contributed by atoms with E-state index in [9.17, 15) is 19.2 Å². The van der Waals surface area contributed by atoms with Crippen LogP contribution in [-0.4, -0.2) is 42.2 Å². The molecule has 0 saturated heterocycles. The van der Waals surface area contributed by atoms with Gasteiger partial charge in [0.15, 0.2) is 0 Å². The minimum absolute atomic E-state index is 0.105. The largest absolute Gasteiger partial charge is 0.469 e. The number of hydrogen-bond donors (Lipinski definition) is 1. The van der Waals surface area contributed by atoms with Gasteiger partial charge < -0.3 is 10.1 Å². The van der Waals surface area contributed by atoms with Gasteiger partial charge in [-0.15, -0.1) is 0 Å². The van der Waals surface area contributed by atoms with E-state index in [0.29, 0.717) is 10.6 Å². The standard InChI is InChI=1S/C20H17ClN2O5/c1-28-18(25)10-16(12-6-8-13(21)9-7-12)22-17(24)11-23-19(26)14-4-2-3-5-15(14)20(23)27/h2-9,16H,10-11H2,1H3,(H,22,24). The Morgan fingerprint density at radius 3 is 2.14 bits per heavy atom. The number of nitrogens with one attached hydrogen (secondary N) is 1. The summed E-state index contributed by atoms with van der Waals surface area (Å²) >= 11 is 5.88. The molecule has 28 heavy (non-hydrogen) atoms. The van der Waals surface area contributed by atoms with Crippen LogP contribution in [0.1, 0.15) is 38.7 Å². The van der Waals surface area contributed by atoms with Crippen LogP contribution in [0.2, 0.25) is 5.02 Å². The first-order chi connectivity index (χ1) is 13.4. The van der Waals surface area contributed by atoms with Gasteiger partial charge >= 0.3 is 5.97 Å². The second-order valence-corrected chi connectivity index (χ2v) is 6.63. The van der Waals surface area contributed by atoms with Crippen molar-refractivity contribution in [1.29, 1.82) is 0 Å². The molecule has 1 aliphatic heterocycles. The van der Waals surface area contributed by atoms with Gasteiger partial charge in [0.2, 0.25) is 5.91 Å². The Bertz CT molecular complexity index is 907. The highest BCUT2D eigenvalue weighted by molar-refractivity contribution is 6.30. The lowest BCUT2D eigenvalue weighted by atomic mass is 10.0. The van der Waals surface area contributed by atoms with E-state index in [1.54, 1.807) is 48.5 Å². The number of imide groups is 1. The molecule has 0 saturated carbocycles. The Balaban J connectivity index is 1.74. The van der Waals surface area contributed by atoms with Crippen LogP contribution in [-0.2, 0) is 14.3 Å². The van der Waals surface area contributed by atoms with Crippen molar-refractivity contribution in [1.82, 2.24) is 10.2 Å². The van der Waals surface area contributed by atoms with Gasteiger partial charge in [0, 0.05) is 5.02 Å². The van der Waals surface area contributed by atoms with Gasteiger partial charge in [0.1, 0.15) is 6.54 Å². The zero-order chi connectivity index (χ0) is 20.3. The average Bonchev–Trinajstić information content (AvgIpc) is 2.93. The Morgan fingerprint density at radius 2 is 1.61 bits per heavy atom. The molecule has 144 valence electrons. The van der Waals surface area contributed by atoms with Crippen LogP contribution < -0.4 is 5.32 Å². The summed E-state index contributed by atoms with van der Waals surface area (Å²) in [4.78, 5) is 49.9. The monoisotopic (exact) mass is 400 g/mol. The van der Waals surface area contributed by atoms with E-state index in [2.05, 4.69) is 10.1 Å². The lowest BCUT2D eigenvalue weighted by Gasteiger charge is -2.20. The van der Waals surface area contributed by atoms with Gasteiger partial charge in [-0.25, -0.2) is 0 Å². The SMILES string of the molecule is COC(=O)CC(NC(=O)CN1C(=O)c2ccccc2C1=O)c1ccc(Cl)cc1. The summed E-state index contributed by atoms with van der Waals surface area (Å²) in [5.74, 6) is -2.13. The number of carbonyl (C=O) groups excluding carboxylic acids is 4. The highest BCUT2D eigenvalue weighted by Gasteiger charge is 2.36. The van der Waals surface area contributed by atoms with Crippen molar-refractivity contribution >= 4 is 35.3 Å². The second-order valence-electron chi connectivity index (χ2n) is 6.19. The van der Waals surface area contributed by atoms with E-state index < -0.39 is 36.3 Å². The van der Waals surface area contributed by atoms with Crippen molar-refractivity contribution < 1.29 is 23.9 Å². The van der Waals surface area contributed by atoms with Crippen LogP contribution in [0.15, 0.2) is 48.5 Å². The summed E-state index contributed by atoms with van der Waals surface area (Å²) < 4.78 is 4.68. The number of rotatable bonds is 6. The first-order valence-electron chi connectivity index (χ1n) is 8.47. The fourth-order valence-electron chi connectivity index (χ4n) is 2.96. The van der Waals surface area contributed by atoms with Gasteiger partial charge in [0.25, 0.3) is 11.8 Å². The zero-order valence-corrected chi connectivity index (χ0v) is 15.7. The maximum absolute atomic E-state index is 12.5. The second kappa shape index (κ2) is 8.22. The Hall–Kier alpha value is -3.19. The van der Waals surface area contributed by atoms with Crippen LogP contribution >= 0.6 is 11.6 Å². The number of amides is 3. The van der Waals surface area contributed by atoms with Gasteiger partial charge in [0.05, 0.1) is 30.7 Å². The molecule has 1 atom stereocenters. The van der Waals surface area contributed by atoms with Crippen LogP contribution in [0.5, 0.6) is 0 Å². The number of hydrogen-bond acceptors (Lipinski definition) is 5. The average molecular weight is 401 g/mol. The quantitative estimate of drug-likeness (QED) is 0.593. The molecule has 3 amide bonds. The molecule has 0 radical (unpaired) electrons. The maximum Gasteiger partial charge on any atom is 0.307 e. The summed E-state index contributed by atoms with van der Waals surface area (Å²) in [6, 6.07) is 12.3. The topological polar surface area (TPSA) is 92.8 Å². The minimum atomic E-state index is -0.688. The molecule has 0 bridgehead atoms. The molecule has 7 nitrogen and oxygen atoms in total. The van der Waals surface area contributed by atoms with E-state index >= 15 is 0 Å². The first-order valence-corrected chi connectivity index (χ1v) is 8.85. The highest BCUT2D eigenvalue weighted by Crippen LogP contribution is 2.23. The van der Waals surface area contributed by atoms with E-state index in [1.807, 2.05) is 0 Å². The predicted molar refractivity (Wildman–Crippen MR) is 101 cm³/mol. The Labute approximate surface area is 166 Å². The normalized spacial score (nSPS) is 13.9. The maximum atomic E-state index is 12.5. The number of halogens is 1. The van der Waals surface area contributed by atoms with Crippen molar-refractivity contribution in [3.05, 3.63) is 70.2 Å². The number of nitrogens with zero attached hydrogens (tertiary/aromatic N) is 1. The molecule has 2 aromatic rings. The minimum Gasteiger partial charge on any atom is -0.469 e. The molecule has 1 unspecified atom stereocenters. The van der Waals surface area contributed by atoms with E-state index in [-0.39, 0.29) is 17.5 Å². The summed E-state index contributed by atoms with van der Waals surface area (Å²) in [5, 5.41) is 3.20. The first kappa shape index (κ1) is 19.6. The third kappa shape index (κ3) is 4.04. The third-order valence-corrected chi connectivity index (χ3v) is 4.64. The molecule has 8 heteroatoms. The summed E-state index contributed by atoms with van der Waals surface area (Å²) in [7, 11) is 1.25. The molecule has 1 heterocycles. The highest BCUT2D eigenvalue weighted by atomic mass is 35.5. The molecule has 1 aliphatic rings. The molecule has 1 N–H and O–H groups in total. The van der Waals surface area contributed by atoms with E-state index in [0.717, 1.165) is 4.90 Å². The number of benzene rings is 2. The third-order valence-electron chi connectivity index (χ3n) is 4.39. The fraction of sp³-hybridized carbons (Fsp3) is 0.200. The lowest BCUT2D eigenvalue weighted by molar-refractivity contribution is -0.141. The Morgan fingerprint density at radius 1 is 1.04 bits per heavy atom. The summed E-state index contributed by atoms with van der Waals surface area (Å²) in [5.41, 5.74) is 1.18. The van der Waals surface area contributed by atoms with Crippen molar-refractivity contribution in [2.45, 2.75) is 12.5 Å². The predicted octanol–water partition coefficient (Wildman–Crippen LogP) is 2.36. The number of ether oxygens (including phenoxy) is 1. The van der Waals surface area contributed by atoms with Crippen LogP contribution in [0.25, 0.3) is 0 Å². The van der Waals surface area contributed by atoms with Crippen molar-refractivity contribution in [2.24, 2.45) is 0 Å². The summed E-state index contributed by atoms with van der Waals surface area (Å²) in [6.45, 7) is -0.447. The molecule has 3 rings (SSSR count). The number of fused-ring (bicyclic) bond motifs is 1. The van der Waals surface area contributed by atoms with Crippen LogP contribution in [0.4, 0.5) is 0 Å². The van der Waals surface area contributed by atoms with Gasteiger partial charge in [-0.05, 0) is 29.8 Å². The van der Waals surface area contributed by atoms with E-state index in [4.69, 9.17) is 11.6 Å². The molecule has 0 aromatic heterocycles. The molecule has 0 spiro atoms. The lowest BCUT2D eigenvalue weighted by Crippen LogP contribution is -2.42. The number of esters is 1. The molecule has 0 fully saturated rings.